The first-order valence-electron chi connectivity index (χ1n) is 7.43. The minimum absolute atomic E-state index is 0.188. The van der Waals surface area contributed by atoms with E-state index in [1.165, 1.54) is 36.7 Å². The first-order chi connectivity index (χ1) is 12.0. The minimum atomic E-state index is -0.412. The van der Waals surface area contributed by atoms with Crippen molar-refractivity contribution in [2.24, 2.45) is 0 Å². The Labute approximate surface area is 148 Å². The largest absolute Gasteiger partial charge is 0.340 e. The number of carbonyl (C=O) groups excluding carboxylic acids is 1. The van der Waals surface area contributed by atoms with Crippen LogP contribution in [0.2, 0.25) is 5.02 Å². The van der Waals surface area contributed by atoms with E-state index in [4.69, 9.17) is 11.6 Å². The van der Waals surface area contributed by atoms with Crippen molar-refractivity contribution in [1.29, 1.82) is 0 Å². The quantitative estimate of drug-likeness (QED) is 0.718. The van der Waals surface area contributed by atoms with Crippen LogP contribution in [0.3, 0.4) is 0 Å². The number of amides is 1. The molecular formula is C18H14ClFN4O. The van der Waals surface area contributed by atoms with Crippen LogP contribution in [0.1, 0.15) is 16.1 Å². The molecule has 3 rings (SSSR count). The Kier molecular flexibility index (Phi) is 4.90. The lowest BCUT2D eigenvalue weighted by molar-refractivity contribution is 0.102. The average molecular weight is 357 g/mol. The molecule has 0 aliphatic rings. The van der Waals surface area contributed by atoms with E-state index in [2.05, 4.69) is 20.6 Å². The molecule has 5 nitrogen and oxygen atoms in total. The molecule has 0 atom stereocenters. The lowest BCUT2D eigenvalue weighted by Gasteiger charge is -2.10. The predicted molar refractivity (Wildman–Crippen MR) is 95.9 cm³/mol. The molecule has 0 bridgehead atoms. The second kappa shape index (κ2) is 7.27. The van der Waals surface area contributed by atoms with Crippen molar-refractivity contribution in [2.45, 2.75) is 6.92 Å². The van der Waals surface area contributed by atoms with Crippen LogP contribution in [-0.2, 0) is 0 Å². The van der Waals surface area contributed by atoms with E-state index in [9.17, 15) is 9.18 Å². The van der Waals surface area contributed by atoms with Crippen molar-refractivity contribution in [3.8, 4) is 0 Å². The summed E-state index contributed by atoms with van der Waals surface area (Å²) in [4.78, 5) is 20.4. The van der Waals surface area contributed by atoms with Gasteiger partial charge in [0, 0.05) is 22.5 Å². The van der Waals surface area contributed by atoms with Crippen LogP contribution in [0.15, 0.2) is 54.9 Å². The molecule has 25 heavy (non-hydrogen) atoms. The number of rotatable bonds is 4. The molecule has 0 unspecified atom stereocenters. The van der Waals surface area contributed by atoms with Crippen LogP contribution in [0.5, 0.6) is 0 Å². The van der Waals surface area contributed by atoms with Gasteiger partial charge in [0.15, 0.2) is 0 Å². The van der Waals surface area contributed by atoms with Crippen molar-refractivity contribution in [1.82, 2.24) is 9.97 Å². The van der Waals surface area contributed by atoms with Gasteiger partial charge in [0.05, 0.1) is 0 Å². The first-order valence-corrected chi connectivity index (χ1v) is 7.81. The number of hydrogen-bond acceptors (Lipinski definition) is 4. The molecule has 2 aromatic carbocycles. The molecule has 0 aliphatic heterocycles. The van der Waals surface area contributed by atoms with Crippen molar-refractivity contribution in [3.05, 3.63) is 77.0 Å². The molecular weight excluding hydrogens is 343 g/mol. The SMILES string of the molecule is Cc1cc(Cl)ccc1Nc1cc(C(=O)Nc2ccc(F)cc2)ncn1. The summed E-state index contributed by atoms with van der Waals surface area (Å²) in [5.74, 6) is -0.306. The van der Waals surface area contributed by atoms with Crippen molar-refractivity contribution in [2.75, 3.05) is 10.6 Å². The normalized spacial score (nSPS) is 10.4. The summed E-state index contributed by atoms with van der Waals surface area (Å²) in [7, 11) is 0. The van der Waals surface area contributed by atoms with Gasteiger partial charge in [-0.15, -0.1) is 0 Å². The fraction of sp³-hybridized carbons (Fsp3) is 0.0556. The number of nitrogens with one attached hydrogen (secondary N) is 2. The third-order valence-corrected chi connectivity index (χ3v) is 3.69. The van der Waals surface area contributed by atoms with Gasteiger partial charge in [0.25, 0.3) is 5.91 Å². The summed E-state index contributed by atoms with van der Waals surface area (Å²) in [5, 5.41) is 6.42. The zero-order valence-corrected chi connectivity index (χ0v) is 14.0. The van der Waals surface area contributed by atoms with E-state index in [1.54, 1.807) is 6.07 Å². The smallest absolute Gasteiger partial charge is 0.274 e. The molecule has 2 N–H and O–H groups in total. The zero-order chi connectivity index (χ0) is 17.8. The number of carbonyl (C=O) groups is 1. The molecule has 0 saturated heterocycles. The Morgan fingerprint density at radius 2 is 1.84 bits per heavy atom. The summed E-state index contributed by atoms with van der Waals surface area (Å²) in [6.07, 6.45) is 1.30. The monoisotopic (exact) mass is 356 g/mol. The van der Waals surface area contributed by atoms with Crippen LogP contribution < -0.4 is 10.6 Å². The van der Waals surface area contributed by atoms with Crippen LogP contribution in [0, 0.1) is 12.7 Å². The summed E-state index contributed by atoms with van der Waals surface area (Å²) in [6.45, 7) is 1.91. The molecule has 126 valence electrons. The Morgan fingerprint density at radius 1 is 1.08 bits per heavy atom. The highest BCUT2D eigenvalue weighted by Gasteiger charge is 2.10. The molecule has 3 aromatic rings. The second-order valence-electron chi connectivity index (χ2n) is 5.33. The summed E-state index contributed by atoms with van der Waals surface area (Å²) >= 11 is 5.94. The van der Waals surface area contributed by atoms with Crippen LogP contribution >= 0.6 is 11.6 Å². The molecule has 1 aromatic heterocycles. The Balaban J connectivity index is 1.76. The maximum absolute atomic E-state index is 12.9. The van der Waals surface area contributed by atoms with Crippen molar-refractivity contribution >= 4 is 34.7 Å². The number of hydrogen-bond donors (Lipinski definition) is 2. The fourth-order valence-electron chi connectivity index (χ4n) is 2.18. The molecule has 0 fully saturated rings. The van der Waals surface area contributed by atoms with Gasteiger partial charge in [0.2, 0.25) is 0 Å². The Morgan fingerprint density at radius 3 is 2.56 bits per heavy atom. The van der Waals surface area contributed by atoms with Crippen LogP contribution in [-0.4, -0.2) is 15.9 Å². The Bertz CT molecular complexity index is 915. The van der Waals surface area contributed by atoms with E-state index in [-0.39, 0.29) is 11.5 Å². The lowest BCUT2D eigenvalue weighted by atomic mass is 10.2. The molecule has 1 heterocycles. The van der Waals surface area contributed by atoms with Crippen LogP contribution in [0.25, 0.3) is 0 Å². The Hall–Kier alpha value is -2.99. The highest BCUT2D eigenvalue weighted by atomic mass is 35.5. The summed E-state index contributed by atoms with van der Waals surface area (Å²) in [5.41, 5.74) is 2.44. The second-order valence-corrected chi connectivity index (χ2v) is 5.77. The number of aryl methyl sites for hydroxylation is 1. The number of aromatic nitrogens is 2. The fourth-order valence-corrected chi connectivity index (χ4v) is 2.41. The van der Waals surface area contributed by atoms with Gasteiger partial charge in [-0.25, -0.2) is 14.4 Å². The van der Waals surface area contributed by atoms with Crippen molar-refractivity contribution in [3.63, 3.8) is 0 Å². The van der Waals surface area contributed by atoms with Crippen molar-refractivity contribution < 1.29 is 9.18 Å². The molecule has 1 amide bonds. The molecule has 0 radical (unpaired) electrons. The highest BCUT2D eigenvalue weighted by molar-refractivity contribution is 6.30. The lowest BCUT2D eigenvalue weighted by Crippen LogP contribution is -2.14. The average Bonchev–Trinajstić information content (AvgIpc) is 2.60. The van der Waals surface area contributed by atoms with E-state index in [0.29, 0.717) is 16.5 Å². The molecule has 0 spiro atoms. The topological polar surface area (TPSA) is 66.9 Å². The number of halogens is 2. The van der Waals surface area contributed by atoms with E-state index in [0.717, 1.165) is 11.3 Å². The maximum atomic E-state index is 12.9. The van der Waals surface area contributed by atoms with E-state index < -0.39 is 5.91 Å². The molecule has 0 saturated carbocycles. The van der Waals surface area contributed by atoms with Gasteiger partial charge in [-0.05, 0) is 55.0 Å². The van der Waals surface area contributed by atoms with E-state index >= 15 is 0 Å². The van der Waals surface area contributed by atoms with Crippen LogP contribution in [0.4, 0.5) is 21.6 Å². The zero-order valence-electron chi connectivity index (χ0n) is 13.3. The van der Waals surface area contributed by atoms with Gasteiger partial charge < -0.3 is 10.6 Å². The highest BCUT2D eigenvalue weighted by Crippen LogP contribution is 2.22. The number of benzene rings is 2. The van der Waals surface area contributed by atoms with Gasteiger partial charge in [-0.2, -0.15) is 0 Å². The molecule has 0 aliphatic carbocycles. The maximum Gasteiger partial charge on any atom is 0.274 e. The summed E-state index contributed by atoms with van der Waals surface area (Å²) in [6, 6.07) is 12.4. The van der Waals surface area contributed by atoms with E-state index in [1.807, 2.05) is 19.1 Å². The van der Waals surface area contributed by atoms with Gasteiger partial charge >= 0.3 is 0 Å². The van der Waals surface area contributed by atoms with Gasteiger partial charge in [0.1, 0.15) is 23.7 Å². The number of anilines is 3. The van der Waals surface area contributed by atoms with Gasteiger partial charge in [-0.3, -0.25) is 4.79 Å². The first kappa shape index (κ1) is 16.9. The summed E-state index contributed by atoms with van der Waals surface area (Å²) < 4.78 is 12.9. The standard InChI is InChI=1S/C18H14ClFN4O/c1-11-8-12(19)2-7-15(11)24-17-9-16(21-10-22-17)18(25)23-14-5-3-13(20)4-6-14/h2-10H,1H3,(H,23,25)(H,21,22,24). The predicted octanol–water partition coefficient (Wildman–Crippen LogP) is 4.57. The third-order valence-electron chi connectivity index (χ3n) is 3.45. The van der Waals surface area contributed by atoms with Gasteiger partial charge in [-0.1, -0.05) is 11.6 Å². The number of nitrogens with zero attached hydrogens (tertiary/aromatic N) is 2. The third kappa shape index (κ3) is 4.30. The molecule has 7 heteroatoms. The minimum Gasteiger partial charge on any atom is -0.340 e.